The second-order valence-electron chi connectivity index (χ2n) is 5.80. The molecule has 3 rings (SSSR count). The van der Waals surface area contributed by atoms with E-state index in [1.807, 2.05) is 11.0 Å². The van der Waals surface area contributed by atoms with Crippen LogP contribution < -0.4 is 5.32 Å². The lowest BCUT2D eigenvalue weighted by atomic mass is 10.1. The van der Waals surface area contributed by atoms with Crippen LogP contribution in [0, 0.1) is 6.92 Å². The molecule has 1 aromatic heterocycles. The molecule has 0 radical (unpaired) electrons. The molecule has 22 heavy (non-hydrogen) atoms. The van der Waals surface area contributed by atoms with E-state index in [9.17, 15) is 4.79 Å². The monoisotopic (exact) mass is 295 g/mol. The summed E-state index contributed by atoms with van der Waals surface area (Å²) >= 11 is 0. The minimum atomic E-state index is 0.0870. The molecule has 1 amide bonds. The van der Waals surface area contributed by atoms with Crippen LogP contribution in [0.2, 0.25) is 0 Å². The number of hydrogen-bond donors (Lipinski definition) is 1. The highest BCUT2D eigenvalue weighted by atomic mass is 16.2. The fourth-order valence-corrected chi connectivity index (χ4v) is 2.67. The number of carbonyl (C=O) groups is 1. The fourth-order valence-electron chi connectivity index (χ4n) is 2.67. The van der Waals surface area contributed by atoms with Crippen LogP contribution in [0.5, 0.6) is 0 Å². The summed E-state index contributed by atoms with van der Waals surface area (Å²) in [4.78, 5) is 18.5. The summed E-state index contributed by atoms with van der Waals surface area (Å²) in [6, 6.07) is 10.3. The normalized spacial score (nSPS) is 14.1. The second kappa shape index (κ2) is 6.60. The van der Waals surface area contributed by atoms with E-state index in [2.05, 4.69) is 41.5 Å². The molecule has 0 bridgehead atoms. The van der Waals surface area contributed by atoms with Gasteiger partial charge >= 0.3 is 0 Å². The van der Waals surface area contributed by atoms with Crippen molar-refractivity contribution >= 4 is 11.6 Å². The number of likely N-dealkylation sites (tertiary alicyclic amines) is 1. The zero-order valence-electron chi connectivity index (χ0n) is 12.9. The number of aryl methyl sites for hydroxylation is 1. The van der Waals surface area contributed by atoms with Crippen LogP contribution in [-0.2, 0) is 6.54 Å². The molecule has 114 valence electrons. The number of carbonyl (C=O) groups excluding carboxylic acids is 1. The highest BCUT2D eigenvalue weighted by molar-refractivity contribution is 5.94. The molecular weight excluding hydrogens is 274 g/mol. The first-order valence-corrected chi connectivity index (χ1v) is 7.76. The highest BCUT2D eigenvalue weighted by Crippen LogP contribution is 2.16. The zero-order valence-corrected chi connectivity index (χ0v) is 12.9. The number of benzene rings is 1. The molecule has 1 aromatic carbocycles. The first kappa shape index (κ1) is 14.6. The Morgan fingerprint density at radius 2 is 1.91 bits per heavy atom. The summed E-state index contributed by atoms with van der Waals surface area (Å²) in [6.45, 7) is 4.53. The summed E-state index contributed by atoms with van der Waals surface area (Å²) in [5, 5.41) is 3.33. The van der Waals surface area contributed by atoms with Gasteiger partial charge in [-0.2, -0.15) is 0 Å². The topological polar surface area (TPSA) is 45.2 Å². The maximum atomic E-state index is 12.4. The van der Waals surface area contributed by atoms with Crippen LogP contribution in [0.3, 0.4) is 0 Å². The number of pyridine rings is 1. The molecule has 1 fully saturated rings. The summed E-state index contributed by atoms with van der Waals surface area (Å²) in [5.41, 5.74) is 4.01. The molecule has 0 unspecified atom stereocenters. The van der Waals surface area contributed by atoms with E-state index in [1.165, 1.54) is 11.1 Å². The molecule has 4 nitrogen and oxygen atoms in total. The standard InChI is InChI=1S/C18H21N3O/c1-14-4-6-15(7-5-14)11-20-17-10-16(12-19-13-17)18(22)21-8-2-3-9-21/h4-7,10,12-13,20H,2-3,8-9,11H2,1H3. The van der Waals surface area contributed by atoms with Gasteiger partial charge in [0.25, 0.3) is 5.91 Å². The SMILES string of the molecule is Cc1ccc(CNc2cncc(C(=O)N3CCCC3)c2)cc1. The van der Waals surface area contributed by atoms with E-state index in [-0.39, 0.29) is 5.91 Å². The van der Waals surface area contributed by atoms with Gasteiger partial charge in [-0.15, -0.1) is 0 Å². The summed E-state index contributed by atoms with van der Waals surface area (Å²) in [7, 11) is 0. The van der Waals surface area contributed by atoms with Crippen molar-refractivity contribution in [2.75, 3.05) is 18.4 Å². The van der Waals surface area contributed by atoms with Crippen LogP contribution >= 0.6 is 0 Å². The Morgan fingerprint density at radius 1 is 1.18 bits per heavy atom. The smallest absolute Gasteiger partial charge is 0.255 e. The average Bonchev–Trinajstić information content (AvgIpc) is 3.08. The number of nitrogens with zero attached hydrogens (tertiary/aromatic N) is 2. The Hall–Kier alpha value is -2.36. The van der Waals surface area contributed by atoms with Crippen molar-refractivity contribution < 1.29 is 4.79 Å². The molecule has 1 aliphatic rings. The lowest BCUT2D eigenvalue weighted by Crippen LogP contribution is -2.27. The summed E-state index contributed by atoms with van der Waals surface area (Å²) in [6.07, 6.45) is 5.61. The minimum Gasteiger partial charge on any atom is -0.380 e. The van der Waals surface area contributed by atoms with Gasteiger partial charge in [-0.3, -0.25) is 9.78 Å². The molecule has 0 atom stereocenters. The average molecular weight is 295 g/mol. The van der Waals surface area contributed by atoms with Crippen molar-refractivity contribution in [3.05, 3.63) is 59.4 Å². The Kier molecular flexibility index (Phi) is 4.37. The van der Waals surface area contributed by atoms with Crippen LogP contribution in [0.25, 0.3) is 0 Å². The van der Waals surface area contributed by atoms with Gasteiger partial charge in [-0.1, -0.05) is 29.8 Å². The zero-order chi connectivity index (χ0) is 15.4. The summed E-state index contributed by atoms with van der Waals surface area (Å²) < 4.78 is 0. The van der Waals surface area contributed by atoms with Crippen molar-refractivity contribution in [1.82, 2.24) is 9.88 Å². The second-order valence-corrected chi connectivity index (χ2v) is 5.80. The van der Waals surface area contributed by atoms with Crippen LogP contribution in [0.15, 0.2) is 42.7 Å². The van der Waals surface area contributed by atoms with Gasteiger partial charge in [-0.25, -0.2) is 0 Å². The van der Waals surface area contributed by atoms with E-state index in [0.29, 0.717) is 5.56 Å². The predicted octanol–water partition coefficient (Wildman–Crippen LogP) is 3.24. The van der Waals surface area contributed by atoms with Crippen molar-refractivity contribution in [2.45, 2.75) is 26.3 Å². The minimum absolute atomic E-state index is 0.0870. The van der Waals surface area contributed by atoms with Crippen molar-refractivity contribution in [3.8, 4) is 0 Å². The first-order valence-electron chi connectivity index (χ1n) is 7.76. The van der Waals surface area contributed by atoms with Gasteiger partial charge in [-0.05, 0) is 31.4 Å². The van der Waals surface area contributed by atoms with E-state index < -0.39 is 0 Å². The molecule has 2 aromatic rings. The third kappa shape index (κ3) is 3.45. The third-order valence-electron chi connectivity index (χ3n) is 4.00. The van der Waals surface area contributed by atoms with Crippen molar-refractivity contribution in [3.63, 3.8) is 0 Å². The van der Waals surface area contributed by atoms with Gasteiger partial charge in [0.1, 0.15) is 0 Å². The van der Waals surface area contributed by atoms with E-state index in [4.69, 9.17) is 0 Å². The number of hydrogen-bond acceptors (Lipinski definition) is 3. The van der Waals surface area contributed by atoms with Crippen LogP contribution in [0.4, 0.5) is 5.69 Å². The molecule has 1 N–H and O–H groups in total. The Labute approximate surface area is 131 Å². The number of rotatable bonds is 4. The largest absolute Gasteiger partial charge is 0.380 e. The maximum Gasteiger partial charge on any atom is 0.255 e. The molecule has 0 saturated carbocycles. The van der Waals surface area contributed by atoms with Crippen LogP contribution in [-0.4, -0.2) is 28.9 Å². The molecule has 0 aliphatic carbocycles. The van der Waals surface area contributed by atoms with Gasteiger partial charge in [0.05, 0.1) is 11.3 Å². The van der Waals surface area contributed by atoms with Gasteiger partial charge in [0.2, 0.25) is 0 Å². The lowest BCUT2D eigenvalue weighted by Gasteiger charge is -2.15. The van der Waals surface area contributed by atoms with E-state index >= 15 is 0 Å². The Morgan fingerprint density at radius 3 is 2.64 bits per heavy atom. The van der Waals surface area contributed by atoms with E-state index in [0.717, 1.165) is 38.2 Å². The van der Waals surface area contributed by atoms with Crippen LogP contribution in [0.1, 0.15) is 34.3 Å². The Bertz CT molecular complexity index is 646. The number of aromatic nitrogens is 1. The highest BCUT2D eigenvalue weighted by Gasteiger charge is 2.19. The lowest BCUT2D eigenvalue weighted by molar-refractivity contribution is 0.0792. The van der Waals surface area contributed by atoms with Gasteiger partial charge < -0.3 is 10.2 Å². The number of nitrogens with one attached hydrogen (secondary N) is 1. The fraction of sp³-hybridized carbons (Fsp3) is 0.333. The first-order chi connectivity index (χ1) is 10.7. The van der Waals surface area contributed by atoms with Gasteiger partial charge in [0, 0.05) is 32.0 Å². The molecule has 1 aliphatic heterocycles. The number of anilines is 1. The van der Waals surface area contributed by atoms with Gasteiger partial charge in [0.15, 0.2) is 0 Å². The van der Waals surface area contributed by atoms with Crippen molar-refractivity contribution in [1.29, 1.82) is 0 Å². The third-order valence-corrected chi connectivity index (χ3v) is 4.00. The molecular formula is C18H21N3O. The maximum absolute atomic E-state index is 12.4. The quantitative estimate of drug-likeness (QED) is 0.942. The molecule has 4 heteroatoms. The molecule has 2 heterocycles. The number of amides is 1. The summed E-state index contributed by atoms with van der Waals surface area (Å²) in [5.74, 6) is 0.0870. The molecule has 1 saturated heterocycles. The van der Waals surface area contributed by atoms with E-state index in [1.54, 1.807) is 12.4 Å². The Balaban J connectivity index is 1.65. The molecule has 0 spiro atoms. The van der Waals surface area contributed by atoms with Crippen molar-refractivity contribution in [2.24, 2.45) is 0 Å². The predicted molar refractivity (Wildman–Crippen MR) is 87.9 cm³/mol.